The minimum Gasteiger partial charge on any atom is -0.354 e. The Bertz CT molecular complexity index is 621. The Labute approximate surface area is 123 Å². The van der Waals surface area contributed by atoms with Crippen LogP contribution in [0.5, 0.6) is 0 Å². The zero-order chi connectivity index (χ0) is 14.7. The van der Waals surface area contributed by atoms with Crippen LogP contribution in [0, 0.1) is 12.8 Å². The summed E-state index contributed by atoms with van der Waals surface area (Å²) >= 11 is 5.91. The van der Waals surface area contributed by atoms with Crippen LogP contribution in [0.2, 0.25) is 0 Å². The molecule has 5 nitrogen and oxygen atoms in total. The van der Waals surface area contributed by atoms with E-state index in [2.05, 4.69) is 29.1 Å². The molecule has 0 spiro atoms. The van der Waals surface area contributed by atoms with E-state index in [0.29, 0.717) is 23.9 Å². The number of alkyl halides is 1. The average molecular weight is 295 g/mol. The first-order valence-electron chi connectivity index (χ1n) is 6.65. The van der Waals surface area contributed by atoms with Gasteiger partial charge in [0.05, 0.1) is 5.88 Å². The highest BCUT2D eigenvalue weighted by atomic mass is 35.5. The quantitative estimate of drug-likeness (QED) is 0.861. The molecule has 0 saturated heterocycles. The van der Waals surface area contributed by atoms with Gasteiger partial charge in [0.15, 0.2) is 5.65 Å². The average Bonchev–Trinajstić information content (AvgIpc) is 2.73. The zero-order valence-corrected chi connectivity index (χ0v) is 12.7. The summed E-state index contributed by atoms with van der Waals surface area (Å²) in [5.41, 5.74) is 2.51. The Morgan fingerprint density at radius 3 is 2.90 bits per heavy atom. The number of fused-ring (bicyclic) bond motifs is 1. The molecule has 2 aromatic rings. The number of aromatic nitrogens is 3. The lowest BCUT2D eigenvalue weighted by atomic mass is 10.2. The number of rotatable bonds is 5. The normalized spacial score (nSPS) is 11.2. The van der Waals surface area contributed by atoms with Crippen molar-refractivity contribution in [2.75, 3.05) is 6.54 Å². The molecule has 0 atom stereocenters. The Kier molecular flexibility index (Phi) is 4.60. The standard InChI is InChI=1S/C14H19ClN4O/c1-9(2)6-16-13(20)8-19-12(5-15)18-11-4-10(3)7-17-14(11)19/h4,7,9H,5-6,8H2,1-3H3,(H,16,20). The molecule has 0 bridgehead atoms. The van der Waals surface area contributed by atoms with Crippen LogP contribution in [-0.4, -0.2) is 27.0 Å². The summed E-state index contributed by atoms with van der Waals surface area (Å²) in [4.78, 5) is 20.8. The fraction of sp³-hybridized carbons (Fsp3) is 0.500. The topological polar surface area (TPSA) is 59.8 Å². The molecule has 0 saturated carbocycles. The predicted molar refractivity (Wildman–Crippen MR) is 79.7 cm³/mol. The van der Waals surface area contributed by atoms with Gasteiger partial charge in [-0.25, -0.2) is 9.97 Å². The van der Waals surface area contributed by atoms with Crippen molar-refractivity contribution < 1.29 is 4.79 Å². The largest absolute Gasteiger partial charge is 0.354 e. The van der Waals surface area contributed by atoms with E-state index < -0.39 is 0 Å². The van der Waals surface area contributed by atoms with Gasteiger partial charge < -0.3 is 9.88 Å². The highest BCUT2D eigenvalue weighted by molar-refractivity contribution is 6.16. The van der Waals surface area contributed by atoms with Gasteiger partial charge >= 0.3 is 0 Å². The number of nitrogens with zero attached hydrogens (tertiary/aromatic N) is 3. The molecular formula is C14H19ClN4O. The molecule has 1 N–H and O–H groups in total. The Balaban J connectivity index is 2.26. The molecule has 2 rings (SSSR count). The van der Waals surface area contributed by atoms with Crippen LogP contribution in [0.25, 0.3) is 11.2 Å². The van der Waals surface area contributed by atoms with Gasteiger partial charge in [-0.15, -0.1) is 11.6 Å². The third-order valence-electron chi connectivity index (χ3n) is 2.93. The van der Waals surface area contributed by atoms with E-state index >= 15 is 0 Å². The molecule has 2 heterocycles. The molecule has 0 aliphatic rings. The Morgan fingerprint density at radius 2 is 2.25 bits per heavy atom. The van der Waals surface area contributed by atoms with Gasteiger partial charge in [0.1, 0.15) is 17.9 Å². The van der Waals surface area contributed by atoms with E-state index in [1.165, 1.54) is 0 Å². The van der Waals surface area contributed by atoms with E-state index in [0.717, 1.165) is 11.1 Å². The molecule has 0 aromatic carbocycles. The lowest BCUT2D eigenvalue weighted by molar-refractivity contribution is -0.121. The van der Waals surface area contributed by atoms with E-state index in [1.54, 1.807) is 10.8 Å². The summed E-state index contributed by atoms with van der Waals surface area (Å²) in [5, 5.41) is 2.89. The first kappa shape index (κ1) is 14.8. The second-order valence-electron chi connectivity index (χ2n) is 5.30. The minimum atomic E-state index is -0.0493. The third-order valence-corrected chi connectivity index (χ3v) is 3.17. The SMILES string of the molecule is Cc1cnc2c(c1)nc(CCl)n2CC(=O)NCC(C)C. The maximum Gasteiger partial charge on any atom is 0.240 e. The summed E-state index contributed by atoms with van der Waals surface area (Å²) in [6.45, 7) is 6.93. The van der Waals surface area contributed by atoms with Crippen LogP contribution in [0.15, 0.2) is 12.3 Å². The van der Waals surface area contributed by atoms with Crippen molar-refractivity contribution in [2.45, 2.75) is 33.2 Å². The number of hydrogen-bond acceptors (Lipinski definition) is 3. The molecule has 0 radical (unpaired) electrons. The first-order chi connectivity index (χ1) is 9.51. The highest BCUT2D eigenvalue weighted by Gasteiger charge is 2.14. The zero-order valence-electron chi connectivity index (χ0n) is 12.0. The lowest BCUT2D eigenvalue weighted by Crippen LogP contribution is -2.31. The van der Waals surface area contributed by atoms with Gasteiger partial charge in [-0.1, -0.05) is 13.8 Å². The van der Waals surface area contributed by atoms with E-state index in [4.69, 9.17) is 11.6 Å². The summed E-state index contributed by atoms with van der Waals surface area (Å²) < 4.78 is 1.78. The maximum absolute atomic E-state index is 12.0. The Hall–Kier alpha value is -1.62. The lowest BCUT2D eigenvalue weighted by Gasteiger charge is -2.10. The number of aryl methyl sites for hydroxylation is 1. The van der Waals surface area contributed by atoms with Crippen LogP contribution in [0.1, 0.15) is 25.2 Å². The molecule has 20 heavy (non-hydrogen) atoms. The number of carbonyl (C=O) groups is 1. The van der Waals surface area contributed by atoms with Gasteiger partial charge in [0.25, 0.3) is 0 Å². The molecule has 0 aliphatic heterocycles. The molecule has 0 unspecified atom stereocenters. The van der Waals surface area contributed by atoms with Gasteiger partial charge in [0, 0.05) is 12.7 Å². The number of pyridine rings is 1. The summed E-state index contributed by atoms with van der Waals surface area (Å²) in [7, 11) is 0. The first-order valence-corrected chi connectivity index (χ1v) is 7.19. The molecule has 108 valence electrons. The van der Waals surface area contributed by atoms with Crippen molar-refractivity contribution in [2.24, 2.45) is 5.92 Å². The fourth-order valence-corrected chi connectivity index (χ4v) is 2.15. The van der Waals surface area contributed by atoms with Crippen molar-refractivity contribution >= 4 is 28.7 Å². The number of imidazole rings is 1. The second kappa shape index (κ2) is 6.22. The van der Waals surface area contributed by atoms with Crippen molar-refractivity contribution in [3.63, 3.8) is 0 Å². The van der Waals surface area contributed by atoms with Crippen molar-refractivity contribution in [1.82, 2.24) is 19.9 Å². The molecule has 6 heteroatoms. The maximum atomic E-state index is 12.0. The highest BCUT2D eigenvalue weighted by Crippen LogP contribution is 2.16. The van der Waals surface area contributed by atoms with E-state index in [9.17, 15) is 4.79 Å². The molecule has 0 aliphatic carbocycles. The van der Waals surface area contributed by atoms with Gasteiger partial charge in [-0.05, 0) is 24.5 Å². The van der Waals surface area contributed by atoms with Crippen LogP contribution in [-0.2, 0) is 17.2 Å². The monoisotopic (exact) mass is 294 g/mol. The van der Waals surface area contributed by atoms with Gasteiger partial charge in [-0.2, -0.15) is 0 Å². The minimum absolute atomic E-state index is 0.0493. The summed E-state index contributed by atoms with van der Waals surface area (Å²) in [6, 6.07) is 1.95. The van der Waals surface area contributed by atoms with Crippen molar-refractivity contribution in [3.05, 3.63) is 23.7 Å². The number of hydrogen-bond donors (Lipinski definition) is 1. The van der Waals surface area contributed by atoms with Gasteiger partial charge in [0.2, 0.25) is 5.91 Å². The number of nitrogens with one attached hydrogen (secondary N) is 1. The van der Waals surface area contributed by atoms with Crippen LogP contribution < -0.4 is 5.32 Å². The van der Waals surface area contributed by atoms with Crippen LogP contribution in [0.3, 0.4) is 0 Å². The fourth-order valence-electron chi connectivity index (χ4n) is 1.94. The number of amides is 1. The number of carbonyl (C=O) groups excluding carboxylic acids is 1. The molecule has 1 amide bonds. The van der Waals surface area contributed by atoms with Crippen molar-refractivity contribution in [1.29, 1.82) is 0 Å². The predicted octanol–water partition coefficient (Wildman–Crippen LogP) is 2.25. The summed E-state index contributed by atoms with van der Waals surface area (Å²) in [6.07, 6.45) is 1.77. The van der Waals surface area contributed by atoms with Gasteiger partial charge in [-0.3, -0.25) is 4.79 Å². The van der Waals surface area contributed by atoms with Crippen LogP contribution >= 0.6 is 11.6 Å². The summed E-state index contributed by atoms with van der Waals surface area (Å²) in [5.74, 6) is 1.30. The second-order valence-corrected chi connectivity index (χ2v) is 5.57. The van der Waals surface area contributed by atoms with Crippen molar-refractivity contribution in [3.8, 4) is 0 Å². The van der Waals surface area contributed by atoms with Crippen LogP contribution in [0.4, 0.5) is 0 Å². The molecule has 2 aromatic heterocycles. The molecule has 0 fully saturated rings. The number of halogens is 1. The van der Waals surface area contributed by atoms with E-state index in [-0.39, 0.29) is 18.3 Å². The smallest absolute Gasteiger partial charge is 0.240 e. The Morgan fingerprint density at radius 1 is 1.50 bits per heavy atom. The van der Waals surface area contributed by atoms with E-state index in [1.807, 2.05) is 13.0 Å². The molecular weight excluding hydrogens is 276 g/mol. The third kappa shape index (κ3) is 3.28.